The summed E-state index contributed by atoms with van der Waals surface area (Å²) in [5.41, 5.74) is 0. The molecule has 0 spiro atoms. The molecule has 28 heavy (non-hydrogen) atoms. The van der Waals surface area contributed by atoms with E-state index in [2.05, 4.69) is 26.1 Å². The monoisotopic (exact) mass is 405 g/mol. The lowest BCUT2D eigenvalue weighted by Gasteiger charge is -2.24. The average Bonchev–Trinajstić information content (AvgIpc) is 2.62. The summed E-state index contributed by atoms with van der Waals surface area (Å²) < 4.78 is 0. The van der Waals surface area contributed by atoms with E-state index < -0.39 is 66.5 Å². The van der Waals surface area contributed by atoms with Crippen LogP contribution in [0.3, 0.4) is 0 Å². The molecule has 0 aliphatic heterocycles. The van der Waals surface area contributed by atoms with E-state index in [1.165, 1.54) is 20.8 Å². The number of nitrogens with one attached hydrogen (secondary N) is 4. The maximum absolute atomic E-state index is 12.2. The van der Waals surface area contributed by atoms with Crippen LogP contribution in [-0.2, 0) is 28.8 Å². The third kappa shape index (κ3) is 8.28. The van der Waals surface area contributed by atoms with Crippen molar-refractivity contribution in [2.24, 2.45) is 5.90 Å². The fourth-order valence-electron chi connectivity index (χ4n) is 1.96. The molecule has 13 heteroatoms. The molecule has 4 amide bonds. The van der Waals surface area contributed by atoms with Gasteiger partial charge >= 0.3 is 5.97 Å². The molecule has 0 aliphatic carbocycles. The summed E-state index contributed by atoms with van der Waals surface area (Å²) in [4.78, 5) is 62.6. The summed E-state index contributed by atoms with van der Waals surface area (Å²) in [5, 5.41) is 27.8. The molecule has 0 bridgehead atoms. The van der Waals surface area contributed by atoms with E-state index in [1.54, 1.807) is 0 Å². The second-order valence-electron chi connectivity index (χ2n) is 6.06. The first kappa shape index (κ1) is 25.2. The summed E-state index contributed by atoms with van der Waals surface area (Å²) >= 11 is 0. The normalized spacial score (nSPS) is 15.8. The first-order valence-electron chi connectivity index (χ1n) is 8.32. The Kier molecular flexibility index (Phi) is 10.7. The Hall–Kier alpha value is -2.77. The van der Waals surface area contributed by atoms with Crippen LogP contribution in [0.5, 0.6) is 0 Å². The van der Waals surface area contributed by atoms with Gasteiger partial charge < -0.3 is 36.3 Å². The predicted octanol–water partition coefficient (Wildman–Crippen LogP) is -4.22. The Bertz CT molecular complexity index is 597. The topological polar surface area (TPSA) is 209 Å². The van der Waals surface area contributed by atoms with Crippen molar-refractivity contribution in [1.29, 1.82) is 0 Å². The molecule has 0 aromatic rings. The number of carbonyl (C=O) groups excluding carboxylic acids is 5. The summed E-state index contributed by atoms with van der Waals surface area (Å²) in [6.45, 7) is 4.21. The van der Waals surface area contributed by atoms with Crippen LogP contribution >= 0.6 is 0 Å². The predicted molar refractivity (Wildman–Crippen MR) is 93.8 cm³/mol. The van der Waals surface area contributed by atoms with Gasteiger partial charge in [-0.05, 0) is 20.8 Å². The van der Waals surface area contributed by atoms with Crippen molar-refractivity contribution in [3.63, 3.8) is 0 Å². The van der Waals surface area contributed by atoms with Gasteiger partial charge in [0.05, 0.1) is 12.7 Å². The number of aliphatic hydroxyl groups is 2. The lowest BCUT2D eigenvalue weighted by Crippen LogP contribution is -2.59. The average molecular weight is 405 g/mol. The molecule has 0 heterocycles. The Morgan fingerprint density at radius 2 is 1.43 bits per heavy atom. The van der Waals surface area contributed by atoms with Crippen LogP contribution < -0.4 is 27.2 Å². The molecule has 0 aromatic heterocycles. The fourth-order valence-corrected chi connectivity index (χ4v) is 1.96. The number of carbonyl (C=O) groups is 5. The Balaban J connectivity index is 4.90. The largest absolute Gasteiger partial charge is 0.394 e. The Morgan fingerprint density at radius 1 is 0.893 bits per heavy atom. The van der Waals surface area contributed by atoms with Gasteiger partial charge in [-0.1, -0.05) is 0 Å². The van der Waals surface area contributed by atoms with Gasteiger partial charge in [-0.25, -0.2) is 4.79 Å². The van der Waals surface area contributed by atoms with E-state index >= 15 is 0 Å². The lowest BCUT2D eigenvalue weighted by atomic mass is 10.1. The first-order chi connectivity index (χ1) is 12.9. The second kappa shape index (κ2) is 11.8. The molecule has 8 N–H and O–H groups in total. The number of nitrogens with two attached hydrogens (primary N) is 1. The van der Waals surface area contributed by atoms with Crippen molar-refractivity contribution in [3.8, 4) is 0 Å². The van der Waals surface area contributed by atoms with Crippen molar-refractivity contribution in [1.82, 2.24) is 21.3 Å². The van der Waals surface area contributed by atoms with Gasteiger partial charge in [-0.3, -0.25) is 19.2 Å². The number of amides is 4. The van der Waals surface area contributed by atoms with Crippen LogP contribution in [0.2, 0.25) is 0 Å². The van der Waals surface area contributed by atoms with E-state index in [0.29, 0.717) is 0 Å². The number of aliphatic hydroxyl groups excluding tert-OH is 2. The molecular weight excluding hydrogens is 378 g/mol. The van der Waals surface area contributed by atoms with Crippen molar-refractivity contribution < 1.29 is 39.0 Å². The van der Waals surface area contributed by atoms with Crippen molar-refractivity contribution in [3.05, 3.63) is 0 Å². The van der Waals surface area contributed by atoms with Crippen LogP contribution in [-0.4, -0.2) is 76.7 Å². The van der Waals surface area contributed by atoms with Crippen molar-refractivity contribution in [2.45, 2.75) is 58.0 Å². The molecule has 0 unspecified atom stereocenters. The minimum Gasteiger partial charge on any atom is -0.394 e. The number of hydrogen-bond donors (Lipinski definition) is 7. The second-order valence-corrected chi connectivity index (χ2v) is 6.06. The van der Waals surface area contributed by atoms with Crippen LogP contribution in [0.1, 0.15) is 27.7 Å². The highest BCUT2D eigenvalue weighted by Gasteiger charge is 2.30. The maximum atomic E-state index is 12.2. The highest BCUT2D eigenvalue weighted by Crippen LogP contribution is 1.97. The Morgan fingerprint density at radius 3 is 1.86 bits per heavy atom. The Labute approximate surface area is 161 Å². The third-order valence-corrected chi connectivity index (χ3v) is 3.52. The van der Waals surface area contributed by atoms with Crippen LogP contribution in [0.15, 0.2) is 0 Å². The van der Waals surface area contributed by atoms with Crippen LogP contribution in [0, 0.1) is 0 Å². The number of hydrogen-bond acceptors (Lipinski definition) is 9. The molecule has 0 fully saturated rings. The molecular formula is C15H27N5O8. The zero-order chi connectivity index (χ0) is 22.0. The molecule has 0 radical (unpaired) electrons. The minimum atomic E-state index is -1.45. The highest BCUT2D eigenvalue weighted by molar-refractivity contribution is 5.95. The molecule has 0 saturated carbocycles. The smallest absolute Gasteiger partial charge is 0.346 e. The first-order valence-corrected chi connectivity index (χ1v) is 8.32. The van der Waals surface area contributed by atoms with Crippen LogP contribution in [0.25, 0.3) is 0 Å². The van der Waals surface area contributed by atoms with Gasteiger partial charge in [0, 0.05) is 6.92 Å². The van der Waals surface area contributed by atoms with Gasteiger partial charge in [0.25, 0.3) is 0 Å². The zero-order valence-electron chi connectivity index (χ0n) is 16.0. The van der Waals surface area contributed by atoms with E-state index in [-0.39, 0.29) is 0 Å². The summed E-state index contributed by atoms with van der Waals surface area (Å²) in [5.74, 6) is 0.676. The number of rotatable bonds is 10. The lowest BCUT2D eigenvalue weighted by molar-refractivity contribution is -0.148. The highest BCUT2D eigenvalue weighted by atomic mass is 16.7. The van der Waals surface area contributed by atoms with Gasteiger partial charge in [0.2, 0.25) is 23.6 Å². The van der Waals surface area contributed by atoms with Gasteiger partial charge in [-0.2, -0.15) is 5.90 Å². The zero-order valence-corrected chi connectivity index (χ0v) is 16.0. The molecule has 0 rings (SSSR count). The minimum absolute atomic E-state index is 0.582. The molecule has 0 aliphatic rings. The molecule has 160 valence electrons. The van der Waals surface area contributed by atoms with Crippen molar-refractivity contribution in [2.75, 3.05) is 6.61 Å². The van der Waals surface area contributed by atoms with E-state index in [9.17, 15) is 34.2 Å². The standard InChI is InChI=1S/C15H27N5O8/c1-6(12(24)18-7(2)15(27)28-16)17-13(25)10(5-21)20-14(26)11(8(3)22)19-9(4)23/h6-8,10-11,21-22H,5,16H2,1-4H3,(H,17,25)(H,18,24)(H,19,23)(H,20,26)/t6-,7-,8+,10-,11-/m0/s1. The summed E-state index contributed by atoms with van der Waals surface area (Å²) in [7, 11) is 0. The van der Waals surface area contributed by atoms with E-state index in [1.807, 2.05) is 0 Å². The molecule has 0 aromatic carbocycles. The summed E-state index contributed by atoms with van der Waals surface area (Å²) in [6, 6.07) is -4.99. The summed E-state index contributed by atoms with van der Waals surface area (Å²) in [6.07, 6.45) is -1.26. The SMILES string of the molecule is CC(=O)N[C@H](C(=O)N[C@@H](CO)C(=O)N[C@@H](C)C(=O)N[C@@H](C)C(=O)ON)[C@@H](C)O. The van der Waals surface area contributed by atoms with Crippen molar-refractivity contribution >= 4 is 29.6 Å². The van der Waals surface area contributed by atoms with E-state index in [4.69, 9.17) is 5.90 Å². The molecule has 0 saturated heterocycles. The quantitative estimate of drug-likeness (QED) is 0.175. The van der Waals surface area contributed by atoms with Gasteiger partial charge in [-0.15, -0.1) is 0 Å². The maximum Gasteiger partial charge on any atom is 0.346 e. The fraction of sp³-hybridized carbons (Fsp3) is 0.667. The van der Waals surface area contributed by atoms with Gasteiger partial charge in [0.1, 0.15) is 24.2 Å². The third-order valence-electron chi connectivity index (χ3n) is 3.52. The molecule has 5 atom stereocenters. The molecule has 13 nitrogen and oxygen atoms in total. The van der Waals surface area contributed by atoms with E-state index in [0.717, 1.165) is 6.92 Å². The van der Waals surface area contributed by atoms with Gasteiger partial charge in [0.15, 0.2) is 0 Å². The van der Waals surface area contributed by atoms with Crippen LogP contribution in [0.4, 0.5) is 0 Å².